The molecule has 1 aliphatic carbocycles. The van der Waals surface area contributed by atoms with Crippen LogP contribution < -0.4 is 11.1 Å². The smallest absolute Gasteiger partial charge is 0.0951 e. The maximum atomic E-state index is 6.01. The number of nitrogens with one attached hydrogen (secondary N) is 1. The van der Waals surface area contributed by atoms with Gasteiger partial charge in [0, 0.05) is 23.3 Å². The number of anilines is 2. The van der Waals surface area contributed by atoms with E-state index in [9.17, 15) is 0 Å². The van der Waals surface area contributed by atoms with Crippen LogP contribution in [0.2, 0.25) is 0 Å². The summed E-state index contributed by atoms with van der Waals surface area (Å²) in [7, 11) is 0. The van der Waals surface area contributed by atoms with E-state index in [1.807, 2.05) is 12.1 Å². The van der Waals surface area contributed by atoms with Crippen molar-refractivity contribution in [2.45, 2.75) is 39.2 Å². The number of hydrogen-bond donors (Lipinski definition) is 2. The lowest BCUT2D eigenvalue weighted by atomic mass is 9.80. The Bertz CT molecular complexity index is 608. The molecule has 0 saturated heterocycles. The van der Waals surface area contributed by atoms with E-state index in [0.717, 1.165) is 28.2 Å². The fourth-order valence-electron chi connectivity index (χ4n) is 3.40. The van der Waals surface area contributed by atoms with Crippen molar-refractivity contribution in [3.05, 3.63) is 30.5 Å². The zero-order chi connectivity index (χ0) is 14.1. The highest BCUT2D eigenvalue weighted by atomic mass is 14.9. The summed E-state index contributed by atoms with van der Waals surface area (Å²) in [6, 6.07) is 8.66. The maximum Gasteiger partial charge on any atom is 0.0951 e. The zero-order valence-corrected chi connectivity index (χ0v) is 12.3. The van der Waals surface area contributed by atoms with Crippen LogP contribution >= 0.6 is 0 Å². The molecule has 0 amide bonds. The number of nitrogens with two attached hydrogens (primary N) is 1. The summed E-state index contributed by atoms with van der Waals surface area (Å²) >= 11 is 0. The Labute approximate surface area is 120 Å². The van der Waals surface area contributed by atoms with Crippen LogP contribution in [0.3, 0.4) is 0 Å². The highest BCUT2D eigenvalue weighted by molar-refractivity contribution is 5.98. The minimum Gasteiger partial charge on any atom is -0.397 e. The number of nitrogens with zero attached hydrogens (tertiary/aromatic N) is 1. The Morgan fingerprint density at radius 1 is 1.20 bits per heavy atom. The second kappa shape index (κ2) is 5.31. The van der Waals surface area contributed by atoms with Gasteiger partial charge in [-0.1, -0.05) is 13.8 Å². The fraction of sp³-hybridized carbons (Fsp3) is 0.471. The lowest BCUT2D eigenvalue weighted by Crippen LogP contribution is -2.33. The van der Waals surface area contributed by atoms with Crippen LogP contribution in [0.4, 0.5) is 11.4 Å². The van der Waals surface area contributed by atoms with Gasteiger partial charge in [-0.3, -0.25) is 4.98 Å². The van der Waals surface area contributed by atoms with Crippen LogP contribution in [-0.4, -0.2) is 11.0 Å². The number of pyridine rings is 1. The first-order valence-electron chi connectivity index (χ1n) is 7.55. The highest BCUT2D eigenvalue weighted by Crippen LogP contribution is 2.33. The Hall–Kier alpha value is -1.77. The molecule has 3 heteroatoms. The van der Waals surface area contributed by atoms with E-state index in [-0.39, 0.29) is 0 Å². The van der Waals surface area contributed by atoms with Crippen molar-refractivity contribution in [3.8, 4) is 0 Å². The first-order chi connectivity index (χ1) is 9.65. The maximum absolute atomic E-state index is 6.01. The van der Waals surface area contributed by atoms with Crippen molar-refractivity contribution in [2.24, 2.45) is 11.8 Å². The monoisotopic (exact) mass is 269 g/mol. The van der Waals surface area contributed by atoms with Gasteiger partial charge in [0.2, 0.25) is 0 Å². The third-order valence-electron chi connectivity index (χ3n) is 4.57. The van der Waals surface area contributed by atoms with Gasteiger partial charge in [0.1, 0.15) is 0 Å². The average molecular weight is 269 g/mol. The van der Waals surface area contributed by atoms with Gasteiger partial charge in [-0.2, -0.15) is 0 Å². The van der Waals surface area contributed by atoms with Crippen molar-refractivity contribution in [1.29, 1.82) is 0 Å². The normalized spacial score (nSPS) is 26.6. The van der Waals surface area contributed by atoms with Crippen molar-refractivity contribution in [1.82, 2.24) is 4.98 Å². The van der Waals surface area contributed by atoms with Crippen LogP contribution in [-0.2, 0) is 0 Å². The van der Waals surface area contributed by atoms with Gasteiger partial charge in [0.25, 0.3) is 0 Å². The van der Waals surface area contributed by atoms with Gasteiger partial charge in [0.05, 0.1) is 11.2 Å². The predicted octanol–water partition coefficient (Wildman–Crippen LogP) is 4.05. The van der Waals surface area contributed by atoms with Gasteiger partial charge >= 0.3 is 0 Å². The van der Waals surface area contributed by atoms with E-state index in [0.29, 0.717) is 12.0 Å². The van der Waals surface area contributed by atoms with Crippen LogP contribution in [0.15, 0.2) is 30.5 Å². The van der Waals surface area contributed by atoms with Crippen LogP contribution in [0, 0.1) is 11.8 Å². The van der Waals surface area contributed by atoms with Gasteiger partial charge < -0.3 is 11.1 Å². The molecule has 3 nitrogen and oxygen atoms in total. The lowest BCUT2D eigenvalue weighted by molar-refractivity contribution is 0.276. The van der Waals surface area contributed by atoms with E-state index in [1.165, 1.54) is 19.3 Å². The predicted molar refractivity (Wildman–Crippen MR) is 85.7 cm³/mol. The van der Waals surface area contributed by atoms with Crippen molar-refractivity contribution >= 4 is 22.3 Å². The number of nitrogen functional groups attached to an aromatic ring is 1. The summed E-state index contributed by atoms with van der Waals surface area (Å²) < 4.78 is 0. The highest BCUT2D eigenvalue weighted by Gasteiger charge is 2.25. The summed E-state index contributed by atoms with van der Waals surface area (Å²) in [5.41, 5.74) is 8.82. The topological polar surface area (TPSA) is 50.9 Å². The molecule has 106 valence electrons. The minimum atomic E-state index is 0.554. The fourth-order valence-corrected chi connectivity index (χ4v) is 3.40. The molecule has 3 unspecified atom stereocenters. The molecule has 3 atom stereocenters. The molecule has 3 N–H and O–H groups in total. The average Bonchev–Trinajstić information content (AvgIpc) is 2.45. The largest absolute Gasteiger partial charge is 0.397 e. The van der Waals surface area contributed by atoms with Crippen molar-refractivity contribution in [3.63, 3.8) is 0 Å². The molecule has 20 heavy (non-hydrogen) atoms. The Morgan fingerprint density at radius 3 is 2.85 bits per heavy atom. The molecule has 2 aromatic rings. The third-order valence-corrected chi connectivity index (χ3v) is 4.57. The number of hydrogen-bond acceptors (Lipinski definition) is 3. The number of rotatable bonds is 2. The molecule has 1 aliphatic rings. The summed E-state index contributed by atoms with van der Waals surface area (Å²) in [4.78, 5) is 4.40. The van der Waals surface area contributed by atoms with Crippen LogP contribution in [0.5, 0.6) is 0 Å². The van der Waals surface area contributed by atoms with E-state index >= 15 is 0 Å². The first-order valence-corrected chi connectivity index (χ1v) is 7.55. The van der Waals surface area contributed by atoms with E-state index in [2.05, 4.69) is 36.3 Å². The molecule has 0 spiro atoms. The standard InChI is InChI=1S/C17H23N3/c1-11-5-7-15(12(2)10-11)20-16-8-6-14(18)17-13(16)4-3-9-19-17/h3-4,6,8-9,11-12,15,20H,5,7,10,18H2,1-2H3. The molecule has 0 bridgehead atoms. The van der Waals surface area contributed by atoms with Gasteiger partial charge in [0.15, 0.2) is 0 Å². The quantitative estimate of drug-likeness (QED) is 0.808. The molecular weight excluding hydrogens is 246 g/mol. The van der Waals surface area contributed by atoms with Crippen molar-refractivity contribution in [2.75, 3.05) is 11.1 Å². The third kappa shape index (κ3) is 2.45. The summed E-state index contributed by atoms with van der Waals surface area (Å²) in [5, 5.41) is 4.85. The number of fused-ring (bicyclic) bond motifs is 1. The Kier molecular flexibility index (Phi) is 3.51. The molecule has 1 fully saturated rings. The lowest BCUT2D eigenvalue weighted by Gasteiger charge is -2.34. The molecular formula is C17H23N3. The summed E-state index contributed by atoms with van der Waals surface area (Å²) in [5.74, 6) is 1.57. The minimum absolute atomic E-state index is 0.554. The van der Waals surface area contributed by atoms with Gasteiger partial charge in [-0.05, 0) is 55.4 Å². The first kappa shape index (κ1) is 13.2. The Morgan fingerprint density at radius 2 is 2.05 bits per heavy atom. The molecule has 1 aromatic carbocycles. The number of aromatic nitrogens is 1. The molecule has 0 aliphatic heterocycles. The SMILES string of the molecule is CC1CCC(Nc2ccc(N)c3ncccc23)C(C)C1. The second-order valence-electron chi connectivity index (χ2n) is 6.25. The summed E-state index contributed by atoms with van der Waals surface area (Å²) in [6.45, 7) is 4.71. The molecule has 1 saturated carbocycles. The van der Waals surface area contributed by atoms with Gasteiger partial charge in [-0.15, -0.1) is 0 Å². The van der Waals surface area contributed by atoms with E-state index < -0.39 is 0 Å². The van der Waals surface area contributed by atoms with Crippen LogP contribution in [0.1, 0.15) is 33.1 Å². The van der Waals surface area contributed by atoms with E-state index in [4.69, 9.17) is 5.73 Å². The molecule has 0 radical (unpaired) electrons. The van der Waals surface area contributed by atoms with Gasteiger partial charge in [-0.25, -0.2) is 0 Å². The summed E-state index contributed by atoms with van der Waals surface area (Å²) in [6.07, 6.45) is 5.66. The zero-order valence-electron chi connectivity index (χ0n) is 12.3. The van der Waals surface area contributed by atoms with E-state index in [1.54, 1.807) is 6.20 Å². The van der Waals surface area contributed by atoms with Crippen molar-refractivity contribution < 1.29 is 0 Å². The second-order valence-corrected chi connectivity index (χ2v) is 6.25. The molecule has 1 heterocycles. The van der Waals surface area contributed by atoms with Crippen LogP contribution in [0.25, 0.3) is 10.9 Å². The molecule has 3 rings (SSSR count). The Balaban J connectivity index is 1.90. The molecule has 1 aromatic heterocycles. The number of benzene rings is 1.